The second-order valence-corrected chi connectivity index (χ2v) is 6.74. The van der Waals surface area contributed by atoms with Crippen LogP contribution in [-0.4, -0.2) is 16.6 Å². The summed E-state index contributed by atoms with van der Waals surface area (Å²) in [7, 11) is 0. The lowest BCUT2D eigenvalue weighted by molar-refractivity contribution is 0.466. The summed E-state index contributed by atoms with van der Waals surface area (Å²) in [6, 6.07) is 4.29. The van der Waals surface area contributed by atoms with Gasteiger partial charge in [0.25, 0.3) is 0 Å². The average Bonchev–Trinajstić information content (AvgIpc) is 2.35. The van der Waals surface area contributed by atoms with Gasteiger partial charge >= 0.3 is 0 Å². The Morgan fingerprint density at radius 3 is 2.22 bits per heavy atom. The molecule has 0 heterocycles. The Balaban J connectivity index is 2.69. The standard InChI is InChI=1S/C15H24OS2/c1-4-6-17-10-13-8-12(3)15(16)14(9-13)11-18-7-5-2/h8-9,16H,4-7,10-11H2,1-3H3. The van der Waals surface area contributed by atoms with Crippen molar-refractivity contribution in [3.8, 4) is 5.75 Å². The van der Waals surface area contributed by atoms with Crippen molar-refractivity contribution in [3.63, 3.8) is 0 Å². The zero-order valence-electron chi connectivity index (χ0n) is 11.7. The SMILES string of the molecule is CCCSCc1cc(C)c(O)c(CSCCC)c1. The number of thioether (sulfide) groups is 2. The molecule has 102 valence electrons. The largest absolute Gasteiger partial charge is 0.507 e. The van der Waals surface area contributed by atoms with Gasteiger partial charge in [0, 0.05) is 17.1 Å². The first-order chi connectivity index (χ1) is 8.69. The minimum atomic E-state index is 0.489. The third-order valence-electron chi connectivity index (χ3n) is 2.66. The lowest BCUT2D eigenvalue weighted by Gasteiger charge is -2.10. The fourth-order valence-electron chi connectivity index (χ4n) is 1.79. The Morgan fingerprint density at radius 2 is 1.61 bits per heavy atom. The lowest BCUT2D eigenvalue weighted by atomic mass is 10.1. The van der Waals surface area contributed by atoms with Crippen molar-refractivity contribution >= 4 is 23.5 Å². The second-order valence-electron chi connectivity index (χ2n) is 4.53. The van der Waals surface area contributed by atoms with E-state index >= 15 is 0 Å². The van der Waals surface area contributed by atoms with E-state index in [-0.39, 0.29) is 0 Å². The second kappa shape index (κ2) is 8.76. The predicted octanol–water partition coefficient (Wildman–Crippen LogP) is 4.99. The molecule has 0 bridgehead atoms. The number of benzene rings is 1. The van der Waals surface area contributed by atoms with Crippen LogP contribution in [0.1, 0.15) is 43.4 Å². The molecule has 0 aromatic heterocycles. The first kappa shape index (κ1) is 15.8. The van der Waals surface area contributed by atoms with Crippen LogP contribution in [0.15, 0.2) is 12.1 Å². The Hall–Kier alpha value is -0.280. The van der Waals surface area contributed by atoms with Gasteiger partial charge in [-0.1, -0.05) is 26.0 Å². The molecule has 0 atom stereocenters. The molecule has 0 spiro atoms. The first-order valence-electron chi connectivity index (χ1n) is 6.65. The normalized spacial score (nSPS) is 10.8. The molecular formula is C15H24OS2. The molecule has 1 rings (SSSR count). The van der Waals surface area contributed by atoms with E-state index < -0.39 is 0 Å². The molecule has 0 aliphatic heterocycles. The molecule has 1 nitrogen and oxygen atoms in total. The molecule has 0 saturated heterocycles. The van der Waals surface area contributed by atoms with E-state index in [2.05, 4.69) is 26.0 Å². The number of rotatable bonds is 8. The maximum Gasteiger partial charge on any atom is 0.122 e. The number of phenolic OH excluding ortho intramolecular Hbond substituents is 1. The molecule has 0 radical (unpaired) electrons. The van der Waals surface area contributed by atoms with Crippen molar-refractivity contribution in [1.82, 2.24) is 0 Å². The van der Waals surface area contributed by atoms with E-state index in [0.29, 0.717) is 5.75 Å². The van der Waals surface area contributed by atoms with Crippen LogP contribution in [-0.2, 0) is 11.5 Å². The van der Waals surface area contributed by atoms with Crippen LogP contribution in [0.25, 0.3) is 0 Å². The van der Waals surface area contributed by atoms with Crippen LogP contribution in [0.5, 0.6) is 5.75 Å². The minimum absolute atomic E-state index is 0.489. The van der Waals surface area contributed by atoms with Crippen molar-refractivity contribution in [2.45, 2.75) is 45.1 Å². The Morgan fingerprint density at radius 1 is 1.00 bits per heavy atom. The van der Waals surface area contributed by atoms with E-state index in [1.807, 2.05) is 30.4 Å². The molecule has 0 amide bonds. The molecule has 0 aliphatic carbocycles. The van der Waals surface area contributed by atoms with Gasteiger partial charge in [0.15, 0.2) is 0 Å². The van der Waals surface area contributed by atoms with Crippen LogP contribution in [0.4, 0.5) is 0 Å². The third kappa shape index (κ3) is 5.15. The molecule has 1 aromatic rings. The summed E-state index contributed by atoms with van der Waals surface area (Å²) in [5.74, 6) is 4.84. The van der Waals surface area contributed by atoms with Gasteiger partial charge in [-0.05, 0) is 42.4 Å². The minimum Gasteiger partial charge on any atom is -0.507 e. The maximum absolute atomic E-state index is 10.1. The molecule has 0 unspecified atom stereocenters. The van der Waals surface area contributed by atoms with E-state index in [9.17, 15) is 5.11 Å². The summed E-state index contributed by atoms with van der Waals surface area (Å²) < 4.78 is 0. The molecule has 1 aromatic carbocycles. The monoisotopic (exact) mass is 284 g/mol. The van der Waals surface area contributed by atoms with Gasteiger partial charge in [-0.2, -0.15) is 23.5 Å². The Labute approximate surface area is 120 Å². The molecule has 0 aliphatic rings. The molecular weight excluding hydrogens is 260 g/mol. The molecule has 1 N–H and O–H groups in total. The summed E-state index contributed by atoms with van der Waals surface area (Å²) in [5.41, 5.74) is 3.45. The Bertz CT molecular complexity index is 364. The third-order valence-corrected chi connectivity index (χ3v) is 5.11. The molecule has 3 heteroatoms. The number of aromatic hydroxyl groups is 1. The van der Waals surface area contributed by atoms with Crippen molar-refractivity contribution in [1.29, 1.82) is 0 Å². The van der Waals surface area contributed by atoms with Crippen molar-refractivity contribution in [2.75, 3.05) is 11.5 Å². The highest BCUT2D eigenvalue weighted by Gasteiger charge is 2.07. The number of hydrogen-bond donors (Lipinski definition) is 1. The summed E-state index contributed by atoms with van der Waals surface area (Å²) in [4.78, 5) is 0. The van der Waals surface area contributed by atoms with Gasteiger partial charge < -0.3 is 5.11 Å². The summed E-state index contributed by atoms with van der Waals surface area (Å²) >= 11 is 3.87. The molecule has 0 saturated carbocycles. The maximum atomic E-state index is 10.1. The number of aryl methyl sites for hydroxylation is 1. The van der Waals surface area contributed by atoms with Crippen LogP contribution < -0.4 is 0 Å². The van der Waals surface area contributed by atoms with Gasteiger partial charge in [0.2, 0.25) is 0 Å². The van der Waals surface area contributed by atoms with Crippen molar-refractivity contribution < 1.29 is 5.11 Å². The van der Waals surface area contributed by atoms with Crippen molar-refractivity contribution in [3.05, 3.63) is 28.8 Å². The smallest absolute Gasteiger partial charge is 0.122 e. The molecule has 18 heavy (non-hydrogen) atoms. The topological polar surface area (TPSA) is 20.2 Å². The van der Waals surface area contributed by atoms with Crippen LogP contribution >= 0.6 is 23.5 Å². The van der Waals surface area contributed by atoms with Crippen LogP contribution in [0.2, 0.25) is 0 Å². The van der Waals surface area contributed by atoms with Crippen LogP contribution in [0.3, 0.4) is 0 Å². The zero-order valence-corrected chi connectivity index (χ0v) is 13.3. The first-order valence-corrected chi connectivity index (χ1v) is 8.96. The van der Waals surface area contributed by atoms with Crippen LogP contribution in [0, 0.1) is 6.92 Å². The quantitative estimate of drug-likeness (QED) is 0.679. The van der Waals surface area contributed by atoms with Gasteiger partial charge in [-0.15, -0.1) is 0 Å². The molecule has 0 fully saturated rings. The van der Waals surface area contributed by atoms with Gasteiger partial charge in [0.1, 0.15) is 5.75 Å². The predicted molar refractivity (Wildman–Crippen MR) is 85.7 cm³/mol. The lowest BCUT2D eigenvalue weighted by Crippen LogP contribution is -1.91. The highest BCUT2D eigenvalue weighted by atomic mass is 32.2. The number of hydrogen-bond acceptors (Lipinski definition) is 3. The van der Waals surface area contributed by atoms with E-state index in [4.69, 9.17) is 0 Å². The fraction of sp³-hybridized carbons (Fsp3) is 0.600. The summed E-state index contributed by atoms with van der Waals surface area (Å²) in [6.45, 7) is 6.40. The van der Waals surface area contributed by atoms with E-state index in [1.54, 1.807) is 0 Å². The number of phenols is 1. The fourth-order valence-corrected chi connectivity index (χ4v) is 3.50. The average molecular weight is 284 g/mol. The highest BCUT2D eigenvalue weighted by Crippen LogP contribution is 2.29. The van der Waals surface area contributed by atoms with Gasteiger partial charge in [-0.3, -0.25) is 0 Å². The van der Waals surface area contributed by atoms with Gasteiger partial charge in [0.05, 0.1) is 0 Å². The highest BCUT2D eigenvalue weighted by molar-refractivity contribution is 7.98. The van der Waals surface area contributed by atoms with E-state index in [1.165, 1.54) is 24.2 Å². The Kier molecular flexibility index (Phi) is 7.68. The van der Waals surface area contributed by atoms with Gasteiger partial charge in [-0.25, -0.2) is 0 Å². The zero-order chi connectivity index (χ0) is 13.4. The summed E-state index contributed by atoms with van der Waals surface area (Å²) in [6.07, 6.45) is 2.41. The summed E-state index contributed by atoms with van der Waals surface area (Å²) in [5, 5.41) is 10.1. The van der Waals surface area contributed by atoms with Crippen molar-refractivity contribution in [2.24, 2.45) is 0 Å². The van der Waals surface area contributed by atoms with E-state index in [0.717, 1.165) is 28.4 Å².